The molecule has 0 aliphatic heterocycles. The molecule has 4 aromatic rings. The molecule has 0 radical (unpaired) electrons. The molecule has 0 aromatic heterocycles. The number of nitriles is 1. The molecule has 1 saturated carbocycles. The third-order valence-corrected chi connectivity index (χ3v) is 9.10. The fourth-order valence-corrected chi connectivity index (χ4v) is 7.21. The standard InChI is InChI=1S/C37H31NO5/c1-42-30-19-27-28(20-31(30)43-2)34(36(40)25-15-13-22(21-38)14-16-25)32(23-9-5-3-6-10-23)26-17-18-29(39)35(33(26)27)37(41)24-11-7-4-8-12-24/h3-16,19-20,26,32-35H,17-18H2,1-2H3/t26-,32-,33-,34-,35+/m0/s1. The van der Waals surface area contributed by atoms with Crippen LogP contribution in [0.25, 0.3) is 0 Å². The van der Waals surface area contributed by atoms with E-state index in [0.29, 0.717) is 34.6 Å². The Hall–Kier alpha value is -5.02. The number of methoxy groups -OCH3 is 2. The molecule has 0 bridgehead atoms. The molecule has 6 rings (SSSR count). The number of hydrogen-bond donors (Lipinski definition) is 0. The SMILES string of the molecule is COc1cc2c(cc1OC)[C@H](C(=O)c1ccc(C#N)cc1)[C@@H](c1ccccc1)[C@@H]1CCC(=O)[C@@H](C(=O)c3ccccc3)[C@H]21. The van der Waals surface area contributed by atoms with Crippen molar-refractivity contribution in [3.8, 4) is 17.6 Å². The molecule has 6 heteroatoms. The minimum Gasteiger partial charge on any atom is -0.493 e. The van der Waals surface area contributed by atoms with Crippen molar-refractivity contribution in [1.29, 1.82) is 5.26 Å². The molecule has 2 aliphatic rings. The zero-order valence-electron chi connectivity index (χ0n) is 24.0. The molecule has 0 amide bonds. The van der Waals surface area contributed by atoms with E-state index in [1.165, 1.54) is 0 Å². The Labute approximate surface area is 250 Å². The van der Waals surface area contributed by atoms with Gasteiger partial charge in [-0.25, -0.2) is 0 Å². The molecule has 0 saturated heterocycles. The van der Waals surface area contributed by atoms with Gasteiger partial charge in [-0.05, 0) is 53.3 Å². The van der Waals surface area contributed by atoms with Gasteiger partial charge in [-0.15, -0.1) is 0 Å². The summed E-state index contributed by atoms with van der Waals surface area (Å²) in [5.74, 6) is -1.88. The first-order valence-corrected chi connectivity index (χ1v) is 14.4. The first-order valence-electron chi connectivity index (χ1n) is 14.4. The van der Waals surface area contributed by atoms with Crippen LogP contribution in [0.1, 0.15) is 73.6 Å². The fraction of sp³-hybridized carbons (Fsp3) is 0.243. The van der Waals surface area contributed by atoms with E-state index < -0.39 is 17.8 Å². The second kappa shape index (κ2) is 11.7. The van der Waals surface area contributed by atoms with Gasteiger partial charge >= 0.3 is 0 Å². The van der Waals surface area contributed by atoms with Crippen molar-refractivity contribution in [2.75, 3.05) is 14.2 Å². The van der Waals surface area contributed by atoms with Crippen molar-refractivity contribution in [1.82, 2.24) is 0 Å². The summed E-state index contributed by atoms with van der Waals surface area (Å²) in [5, 5.41) is 9.33. The molecular weight excluding hydrogens is 538 g/mol. The zero-order chi connectivity index (χ0) is 30.1. The summed E-state index contributed by atoms with van der Waals surface area (Å²) in [7, 11) is 3.10. The number of hydrogen-bond acceptors (Lipinski definition) is 6. The lowest BCUT2D eigenvalue weighted by atomic mass is 9.53. The normalized spacial score (nSPS) is 22.4. The van der Waals surface area contributed by atoms with Crippen molar-refractivity contribution in [3.05, 3.63) is 130 Å². The van der Waals surface area contributed by atoms with Crippen LogP contribution in [0.5, 0.6) is 11.5 Å². The van der Waals surface area contributed by atoms with Gasteiger partial charge in [0, 0.05) is 29.4 Å². The van der Waals surface area contributed by atoms with E-state index in [0.717, 1.165) is 16.7 Å². The summed E-state index contributed by atoms with van der Waals surface area (Å²) in [4.78, 5) is 42.4. The van der Waals surface area contributed by atoms with E-state index in [1.807, 2.05) is 48.5 Å². The lowest BCUT2D eigenvalue weighted by Crippen LogP contribution is -2.46. The van der Waals surface area contributed by atoms with Gasteiger partial charge in [-0.2, -0.15) is 5.26 Å². The van der Waals surface area contributed by atoms with Crippen LogP contribution in [0, 0.1) is 23.2 Å². The van der Waals surface area contributed by atoms with Crippen LogP contribution in [0.4, 0.5) is 0 Å². The lowest BCUT2D eigenvalue weighted by molar-refractivity contribution is -0.125. The Bertz CT molecular complexity index is 1720. The number of benzene rings is 4. The number of Topliss-reactive ketones (excluding diaryl/α,β-unsaturated/α-hetero) is 3. The third-order valence-electron chi connectivity index (χ3n) is 9.10. The lowest BCUT2D eigenvalue weighted by Gasteiger charge is -2.49. The van der Waals surface area contributed by atoms with Crippen LogP contribution in [0.3, 0.4) is 0 Å². The predicted octanol–water partition coefficient (Wildman–Crippen LogP) is 6.90. The topological polar surface area (TPSA) is 93.5 Å². The van der Waals surface area contributed by atoms with E-state index in [9.17, 15) is 19.6 Å². The number of nitrogens with zero attached hydrogens (tertiary/aromatic N) is 1. The first-order chi connectivity index (χ1) is 21.0. The number of fused-ring (bicyclic) bond motifs is 3. The van der Waals surface area contributed by atoms with Gasteiger partial charge < -0.3 is 9.47 Å². The van der Waals surface area contributed by atoms with Crippen LogP contribution in [0.2, 0.25) is 0 Å². The van der Waals surface area contributed by atoms with Crippen molar-refractivity contribution in [2.45, 2.75) is 30.6 Å². The molecular formula is C37H31NO5. The Kier molecular flexibility index (Phi) is 7.65. The monoisotopic (exact) mass is 569 g/mol. The summed E-state index contributed by atoms with van der Waals surface area (Å²) in [6.45, 7) is 0. The molecule has 6 nitrogen and oxygen atoms in total. The maximum absolute atomic E-state index is 14.6. The van der Waals surface area contributed by atoms with Gasteiger partial charge in [0.15, 0.2) is 23.1 Å². The van der Waals surface area contributed by atoms with Gasteiger partial charge in [-0.1, -0.05) is 72.8 Å². The van der Waals surface area contributed by atoms with E-state index in [-0.39, 0.29) is 35.6 Å². The highest BCUT2D eigenvalue weighted by atomic mass is 16.5. The van der Waals surface area contributed by atoms with Gasteiger partial charge in [0.05, 0.1) is 37.7 Å². The summed E-state index contributed by atoms with van der Waals surface area (Å²) < 4.78 is 11.4. The van der Waals surface area contributed by atoms with Crippen LogP contribution in [-0.2, 0) is 4.79 Å². The van der Waals surface area contributed by atoms with Crippen molar-refractivity contribution < 1.29 is 23.9 Å². The predicted molar refractivity (Wildman–Crippen MR) is 162 cm³/mol. The van der Waals surface area contributed by atoms with Gasteiger partial charge in [0.25, 0.3) is 0 Å². The molecule has 0 spiro atoms. The second-order valence-electron chi connectivity index (χ2n) is 11.2. The maximum Gasteiger partial charge on any atom is 0.173 e. The summed E-state index contributed by atoms with van der Waals surface area (Å²) in [6.07, 6.45) is 0.806. The number of ketones is 3. The summed E-state index contributed by atoms with van der Waals surface area (Å²) >= 11 is 0. The van der Waals surface area contributed by atoms with Crippen LogP contribution in [0.15, 0.2) is 97.1 Å². The molecule has 4 aromatic carbocycles. The highest BCUT2D eigenvalue weighted by Crippen LogP contribution is 2.59. The van der Waals surface area contributed by atoms with E-state index in [4.69, 9.17) is 9.47 Å². The smallest absolute Gasteiger partial charge is 0.173 e. The Morgan fingerprint density at radius 3 is 1.88 bits per heavy atom. The first kappa shape index (κ1) is 28.1. The highest BCUT2D eigenvalue weighted by Gasteiger charge is 2.54. The number of rotatable bonds is 7. The molecule has 43 heavy (non-hydrogen) atoms. The van der Waals surface area contributed by atoms with Crippen LogP contribution in [-0.4, -0.2) is 31.6 Å². The van der Waals surface area contributed by atoms with Crippen LogP contribution < -0.4 is 9.47 Å². The number of ether oxygens (including phenoxy) is 2. The van der Waals surface area contributed by atoms with Crippen LogP contribution >= 0.6 is 0 Å². The summed E-state index contributed by atoms with van der Waals surface area (Å²) in [6, 6.07) is 31.4. The largest absolute Gasteiger partial charge is 0.493 e. The third kappa shape index (κ3) is 4.91. The number of carbonyl (C=O) groups is 3. The van der Waals surface area contributed by atoms with E-state index in [1.54, 1.807) is 62.8 Å². The quantitative estimate of drug-likeness (QED) is 0.178. The average molecular weight is 570 g/mol. The Balaban J connectivity index is 1.61. The van der Waals surface area contributed by atoms with Crippen molar-refractivity contribution in [3.63, 3.8) is 0 Å². The molecule has 0 N–H and O–H groups in total. The Morgan fingerprint density at radius 2 is 1.28 bits per heavy atom. The highest BCUT2D eigenvalue weighted by molar-refractivity contribution is 6.12. The maximum atomic E-state index is 14.6. The van der Waals surface area contributed by atoms with E-state index in [2.05, 4.69) is 6.07 Å². The molecule has 214 valence electrons. The molecule has 2 aliphatic carbocycles. The fourth-order valence-electron chi connectivity index (χ4n) is 7.21. The van der Waals surface area contributed by atoms with Crippen molar-refractivity contribution in [2.24, 2.45) is 11.8 Å². The Morgan fingerprint density at radius 1 is 0.721 bits per heavy atom. The van der Waals surface area contributed by atoms with Gasteiger partial charge in [-0.3, -0.25) is 14.4 Å². The zero-order valence-corrected chi connectivity index (χ0v) is 24.0. The summed E-state index contributed by atoms with van der Waals surface area (Å²) in [5.41, 5.74) is 3.93. The molecule has 0 heterocycles. The van der Waals surface area contributed by atoms with Crippen molar-refractivity contribution >= 4 is 17.3 Å². The average Bonchev–Trinajstić information content (AvgIpc) is 3.07. The van der Waals surface area contributed by atoms with E-state index >= 15 is 0 Å². The second-order valence-corrected chi connectivity index (χ2v) is 11.2. The molecule has 0 unspecified atom stereocenters. The van der Waals surface area contributed by atoms with Gasteiger partial charge in [0.2, 0.25) is 0 Å². The molecule has 5 atom stereocenters. The minimum atomic E-state index is -0.893. The number of carbonyl (C=O) groups excluding carboxylic acids is 3. The molecule has 1 fully saturated rings. The minimum absolute atomic E-state index is 0.0838. The van der Waals surface area contributed by atoms with Gasteiger partial charge in [0.1, 0.15) is 5.78 Å².